The molecule has 0 aliphatic heterocycles. The lowest BCUT2D eigenvalue weighted by atomic mass is 10.2. The highest BCUT2D eigenvalue weighted by Gasteiger charge is 2.39. The Morgan fingerprint density at radius 3 is 2.00 bits per heavy atom. The summed E-state index contributed by atoms with van der Waals surface area (Å²) >= 11 is 0. The van der Waals surface area contributed by atoms with Crippen LogP contribution in [0.25, 0.3) is 5.76 Å². The Kier molecular flexibility index (Phi) is 4.85. The van der Waals surface area contributed by atoms with Crippen molar-refractivity contribution in [2.45, 2.75) is 45.8 Å². The Labute approximate surface area is 118 Å². The third kappa shape index (κ3) is 3.87. The van der Waals surface area contributed by atoms with Crippen LogP contribution in [0.2, 0.25) is 18.1 Å². The van der Waals surface area contributed by atoms with Crippen LogP contribution in [-0.4, -0.2) is 15.4 Å². The van der Waals surface area contributed by atoms with Crippen LogP contribution in [0.1, 0.15) is 33.3 Å². The zero-order valence-corrected chi connectivity index (χ0v) is 14.2. The van der Waals surface area contributed by atoms with Gasteiger partial charge in [-0.15, -0.1) is 0 Å². The third-order valence-electron chi connectivity index (χ3n) is 3.81. The van der Waals surface area contributed by atoms with Crippen molar-refractivity contribution in [1.82, 2.24) is 0 Å². The molecule has 1 aromatic rings. The van der Waals surface area contributed by atoms with Crippen LogP contribution in [0.3, 0.4) is 0 Å². The van der Waals surface area contributed by atoms with Gasteiger partial charge in [0.15, 0.2) is 0 Å². The number of methoxy groups -OCH3 is 1. The van der Waals surface area contributed by atoms with Crippen LogP contribution >= 0.6 is 0 Å². The topological polar surface area (TPSA) is 18.5 Å². The average molecular weight is 278 g/mol. The molecular weight excluding hydrogens is 252 g/mol. The van der Waals surface area contributed by atoms with E-state index in [9.17, 15) is 0 Å². The van der Waals surface area contributed by atoms with Gasteiger partial charge in [-0.05, 0) is 55.4 Å². The van der Waals surface area contributed by atoms with Crippen LogP contribution in [0.4, 0.5) is 0 Å². The quantitative estimate of drug-likeness (QED) is 0.565. The molecule has 1 rings (SSSR count). The molecule has 3 heteroatoms. The van der Waals surface area contributed by atoms with Crippen molar-refractivity contribution in [3.05, 3.63) is 35.9 Å². The first-order chi connectivity index (χ1) is 8.71. The summed E-state index contributed by atoms with van der Waals surface area (Å²) in [5.41, 5.74) is 1.10. The molecule has 2 nitrogen and oxygen atoms in total. The normalized spacial score (nSPS) is 13.3. The maximum atomic E-state index is 6.37. The minimum absolute atomic E-state index is 0.202. The highest BCUT2D eigenvalue weighted by Crippen LogP contribution is 2.39. The van der Waals surface area contributed by atoms with Crippen LogP contribution in [0.15, 0.2) is 30.3 Å². The average Bonchev–Trinajstić information content (AvgIpc) is 2.35. The first-order valence-electron chi connectivity index (χ1n) is 6.71. The summed E-state index contributed by atoms with van der Waals surface area (Å²) in [6.45, 7) is 13.3. The lowest BCUT2D eigenvalue weighted by Gasteiger charge is -2.37. The lowest BCUT2D eigenvalue weighted by Crippen LogP contribution is -2.40. The molecular formula is C16H26O2Si. The van der Waals surface area contributed by atoms with Crippen molar-refractivity contribution in [3.63, 3.8) is 0 Å². The molecule has 0 atom stereocenters. The van der Waals surface area contributed by atoms with Crippen LogP contribution in [0.5, 0.6) is 5.75 Å². The van der Waals surface area contributed by atoms with Crippen molar-refractivity contribution >= 4 is 14.1 Å². The monoisotopic (exact) mass is 278 g/mol. The summed E-state index contributed by atoms with van der Waals surface area (Å²) in [5, 5.41) is 0.202. The molecule has 19 heavy (non-hydrogen) atoms. The van der Waals surface area contributed by atoms with Crippen molar-refractivity contribution in [2.75, 3.05) is 7.11 Å². The third-order valence-corrected chi connectivity index (χ3v) is 8.15. The summed E-state index contributed by atoms with van der Waals surface area (Å²) in [4.78, 5) is 0. The molecule has 1 aromatic carbocycles. The summed E-state index contributed by atoms with van der Waals surface area (Å²) < 4.78 is 11.6. The second-order valence-corrected chi connectivity index (χ2v) is 11.0. The Bertz CT molecular complexity index is 439. The molecule has 0 aliphatic carbocycles. The van der Waals surface area contributed by atoms with Gasteiger partial charge in [0.1, 0.15) is 11.5 Å². The molecule has 0 radical (unpaired) electrons. The Balaban J connectivity index is 2.96. The van der Waals surface area contributed by atoms with E-state index in [1.54, 1.807) is 7.11 Å². The Morgan fingerprint density at radius 1 is 1.11 bits per heavy atom. The van der Waals surface area contributed by atoms with Gasteiger partial charge in [-0.25, -0.2) is 0 Å². The van der Waals surface area contributed by atoms with Gasteiger partial charge in [-0.2, -0.15) is 0 Å². The van der Waals surface area contributed by atoms with E-state index >= 15 is 0 Å². The molecule has 0 fully saturated rings. The molecule has 0 N–H and O–H groups in total. The maximum Gasteiger partial charge on any atom is 0.250 e. The van der Waals surface area contributed by atoms with Gasteiger partial charge in [0.05, 0.1) is 7.11 Å². The number of hydrogen-bond donors (Lipinski definition) is 0. The molecule has 106 valence electrons. The van der Waals surface area contributed by atoms with E-state index in [4.69, 9.17) is 9.16 Å². The van der Waals surface area contributed by atoms with E-state index in [0.29, 0.717) is 0 Å². The molecule has 0 saturated heterocycles. The minimum atomic E-state index is -1.79. The van der Waals surface area contributed by atoms with Crippen LogP contribution < -0.4 is 4.74 Å². The van der Waals surface area contributed by atoms with Crippen molar-refractivity contribution in [1.29, 1.82) is 0 Å². The van der Waals surface area contributed by atoms with Gasteiger partial charge in [-0.3, -0.25) is 0 Å². The van der Waals surface area contributed by atoms with Gasteiger partial charge in [0.25, 0.3) is 0 Å². The van der Waals surface area contributed by atoms with Gasteiger partial charge >= 0.3 is 0 Å². The molecule has 0 aliphatic rings. The van der Waals surface area contributed by atoms with Gasteiger partial charge in [-0.1, -0.05) is 20.8 Å². The fourth-order valence-corrected chi connectivity index (χ4v) is 2.56. The van der Waals surface area contributed by atoms with Crippen molar-refractivity contribution < 1.29 is 9.16 Å². The smallest absolute Gasteiger partial charge is 0.250 e. The summed E-state index contributed by atoms with van der Waals surface area (Å²) in [7, 11) is -0.115. The number of ether oxygens (including phenoxy) is 1. The lowest BCUT2D eigenvalue weighted by molar-refractivity contribution is 0.414. The Morgan fingerprint density at radius 2 is 1.63 bits per heavy atom. The number of hydrogen-bond acceptors (Lipinski definition) is 2. The summed E-state index contributed by atoms with van der Waals surface area (Å²) in [6, 6.07) is 8.02. The van der Waals surface area contributed by atoms with E-state index in [1.807, 2.05) is 37.3 Å². The fraction of sp³-hybridized carbons (Fsp3) is 0.500. The van der Waals surface area contributed by atoms with E-state index in [-0.39, 0.29) is 5.04 Å². The second-order valence-electron chi connectivity index (χ2n) is 6.24. The SMILES string of the molecule is C/C=C(\O[Si](C)(C)C(C)(C)C)c1ccc(OC)cc1. The predicted octanol–water partition coefficient (Wildman–Crippen LogP) is 5.08. The van der Waals surface area contributed by atoms with E-state index in [1.165, 1.54) is 0 Å². The van der Waals surface area contributed by atoms with E-state index < -0.39 is 8.32 Å². The number of rotatable bonds is 4. The summed E-state index contributed by atoms with van der Waals surface area (Å²) in [6.07, 6.45) is 2.04. The van der Waals surface area contributed by atoms with E-state index in [0.717, 1.165) is 17.1 Å². The first kappa shape index (κ1) is 15.8. The van der Waals surface area contributed by atoms with Crippen LogP contribution in [-0.2, 0) is 4.43 Å². The predicted molar refractivity (Wildman–Crippen MR) is 84.9 cm³/mol. The van der Waals surface area contributed by atoms with Crippen LogP contribution in [0, 0.1) is 0 Å². The molecule has 0 amide bonds. The van der Waals surface area contributed by atoms with Gasteiger partial charge in [0.2, 0.25) is 8.32 Å². The van der Waals surface area contributed by atoms with Crippen molar-refractivity contribution in [3.8, 4) is 5.75 Å². The molecule has 0 unspecified atom stereocenters. The molecule has 0 heterocycles. The van der Waals surface area contributed by atoms with Gasteiger partial charge in [0, 0.05) is 5.56 Å². The molecule has 0 aromatic heterocycles. The fourth-order valence-electron chi connectivity index (χ4n) is 1.47. The standard InChI is InChI=1S/C16H26O2Si/c1-8-15(18-19(6,7)16(2,3)4)13-9-11-14(17-5)12-10-13/h8-12H,1-7H3/b15-8-. The number of benzene rings is 1. The Hall–Kier alpha value is -1.22. The number of allylic oxidation sites excluding steroid dienone is 1. The van der Waals surface area contributed by atoms with E-state index in [2.05, 4.69) is 33.9 Å². The second kappa shape index (κ2) is 5.82. The molecule has 0 saturated carbocycles. The maximum absolute atomic E-state index is 6.37. The minimum Gasteiger partial charge on any atom is -0.543 e. The molecule has 0 bridgehead atoms. The largest absolute Gasteiger partial charge is 0.543 e. The van der Waals surface area contributed by atoms with Crippen molar-refractivity contribution in [2.24, 2.45) is 0 Å². The first-order valence-corrected chi connectivity index (χ1v) is 9.62. The van der Waals surface area contributed by atoms with Gasteiger partial charge < -0.3 is 9.16 Å². The zero-order chi connectivity index (χ0) is 14.7. The summed E-state index contributed by atoms with van der Waals surface area (Å²) in [5.74, 6) is 1.83. The highest BCUT2D eigenvalue weighted by molar-refractivity contribution is 6.74. The highest BCUT2D eigenvalue weighted by atomic mass is 28.4. The zero-order valence-electron chi connectivity index (χ0n) is 13.2. The molecule has 0 spiro atoms.